The standard InChI is InChI=1S/C17H17NO4.C10H14N2O3/c19-16(20)15(11-13-7-3-1-4-8-13)18-17(21)22-12-14-9-5-2-6-10-14;1-14-9-4-3-7(6-12-9)8(11)5-10(13)15-2/h1-10,15H,11-12H2,(H,18,21)(H,19,20);3-4,6,8H,5,11H2,1-2H3/t15-;/m0./s1. The molecular weight excluding hydrogens is 478 g/mol. The molecule has 1 heterocycles. The minimum absolute atomic E-state index is 0.0811. The van der Waals surface area contributed by atoms with Crippen LogP contribution in [0.2, 0.25) is 0 Å². The van der Waals surface area contributed by atoms with Crippen LogP contribution in [0.4, 0.5) is 4.79 Å². The van der Waals surface area contributed by atoms with Crippen molar-refractivity contribution in [3.05, 3.63) is 95.7 Å². The number of alkyl carbamates (subject to hydrolysis) is 1. The highest BCUT2D eigenvalue weighted by Gasteiger charge is 2.16. The number of esters is 1. The molecule has 10 heteroatoms. The quantitative estimate of drug-likeness (QED) is 0.387. The number of rotatable bonds is 10. The van der Waals surface area contributed by atoms with E-state index in [0.717, 1.165) is 16.7 Å². The molecule has 1 aromatic heterocycles. The summed E-state index contributed by atoms with van der Waals surface area (Å²) in [6.45, 7) is 0.0811. The Morgan fingerprint density at radius 3 is 2.08 bits per heavy atom. The van der Waals surface area contributed by atoms with Crippen LogP contribution in [-0.2, 0) is 32.1 Å². The Bertz CT molecular complexity index is 1110. The van der Waals surface area contributed by atoms with Crippen LogP contribution in [0.3, 0.4) is 0 Å². The fourth-order valence-corrected chi connectivity index (χ4v) is 3.11. The van der Waals surface area contributed by atoms with Gasteiger partial charge in [0, 0.05) is 17.8 Å². The van der Waals surface area contributed by atoms with E-state index < -0.39 is 18.1 Å². The van der Waals surface area contributed by atoms with Crippen LogP contribution < -0.4 is 20.9 Å². The van der Waals surface area contributed by atoms with Gasteiger partial charge in [-0.3, -0.25) is 4.79 Å². The van der Waals surface area contributed by atoms with Crippen molar-refractivity contribution in [3.63, 3.8) is 0 Å². The molecule has 1 amide bonds. The molecule has 0 saturated heterocycles. The highest BCUT2D eigenvalue weighted by atomic mass is 16.5. The zero-order valence-electron chi connectivity index (χ0n) is 20.8. The lowest BCUT2D eigenvalue weighted by atomic mass is 10.1. The number of carboxylic acid groups (broad SMARTS) is 1. The SMILES string of the molecule is COC(=O)CC([NH3+])c1ccc(OC)nc1.O=C(N[C@@H](Cc1ccccc1)C(=O)[O-])OCc1ccccc1. The smallest absolute Gasteiger partial charge is 0.408 e. The topological polar surface area (TPSA) is 155 Å². The van der Waals surface area contributed by atoms with E-state index in [1.807, 2.05) is 42.5 Å². The van der Waals surface area contributed by atoms with Crippen LogP contribution in [0.5, 0.6) is 5.88 Å². The molecular formula is C27H31N3O7. The number of nitrogens with zero attached hydrogens (tertiary/aromatic N) is 1. The van der Waals surface area contributed by atoms with E-state index in [9.17, 15) is 19.5 Å². The van der Waals surface area contributed by atoms with E-state index in [2.05, 4.69) is 20.8 Å². The normalized spacial score (nSPS) is 11.6. The number of aliphatic carboxylic acids is 1. The molecule has 0 radical (unpaired) electrons. The van der Waals surface area contributed by atoms with E-state index in [-0.39, 0.29) is 31.5 Å². The van der Waals surface area contributed by atoms with Crippen LogP contribution in [0.15, 0.2) is 79.0 Å². The number of hydrogen-bond acceptors (Lipinski definition) is 8. The Balaban J connectivity index is 0.000000281. The minimum Gasteiger partial charge on any atom is -0.548 e. The first-order valence-corrected chi connectivity index (χ1v) is 11.4. The summed E-state index contributed by atoms with van der Waals surface area (Å²) in [6, 6.07) is 20.4. The number of carbonyl (C=O) groups is 3. The van der Waals surface area contributed by atoms with Gasteiger partial charge in [0.2, 0.25) is 5.88 Å². The summed E-state index contributed by atoms with van der Waals surface area (Å²) in [7, 11) is 2.92. The van der Waals surface area contributed by atoms with Gasteiger partial charge in [0.1, 0.15) is 19.1 Å². The zero-order chi connectivity index (χ0) is 27.0. The van der Waals surface area contributed by atoms with Crippen molar-refractivity contribution in [2.75, 3.05) is 14.2 Å². The Kier molecular flexibility index (Phi) is 12.1. The number of carboxylic acids is 1. The molecule has 37 heavy (non-hydrogen) atoms. The average molecular weight is 510 g/mol. The van der Waals surface area contributed by atoms with Crippen LogP contribution >= 0.6 is 0 Å². The molecule has 0 aliphatic carbocycles. The van der Waals surface area contributed by atoms with Crippen LogP contribution in [0.1, 0.15) is 29.2 Å². The number of carbonyl (C=O) groups excluding carboxylic acids is 3. The molecule has 196 valence electrons. The molecule has 3 rings (SSSR count). The van der Waals surface area contributed by atoms with Gasteiger partial charge in [0.15, 0.2) is 0 Å². The third-order valence-corrected chi connectivity index (χ3v) is 5.15. The van der Waals surface area contributed by atoms with Gasteiger partial charge < -0.3 is 35.2 Å². The van der Waals surface area contributed by atoms with Gasteiger partial charge in [-0.1, -0.05) is 60.7 Å². The fourth-order valence-electron chi connectivity index (χ4n) is 3.11. The van der Waals surface area contributed by atoms with E-state index >= 15 is 0 Å². The Hall–Kier alpha value is -4.44. The van der Waals surface area contributed by atoms with Crippen molar-refractivity contribution in [2.45, 2.75) is 31.5 Å². The summed E-state index contributed by atoms with van der Waals surface area (Å²) in [6.07, 6.45) is 1.27. The first kappa shape index (κ1) is 28.8. The number of ether oxygens (including phenoxy) is 3. The van der Waals surface area contributed by atoms with Crippen molar-refractivity contribution in [1.29, 1.82) is 0 Å². The van der Waals surface area contributed by atoms with Gasteiger partial charge in [0.25, 0.3) is 0 Å². The van der Waals surface area contributed by atoms with Crippen molar-refractivity contribution in [2.24, 2.45) is 0 Å². The maximum absolute atomic E-state index is 11.7. The van der Waals surface area contributed by atoms with Crippen LogP contribution in [-0.4, -0.2) is 43.3 Å². The van der Waals surface area contributed by atoms with Crippen LogP contribution in [0, 0.1) is 0 Å². The number of nitrogens with one attached hydrogen (secondary N) is 1. The first-order valence-electron chi connectivity index (χ1n) is 11.4. The van der Waals surface area contributed by atoms with E-state index in [1.165, 1.54) is 7.11 Å². The fraction of sp³-hybridized carbons (Fsp3) is 0.259. The lowest BCUT2D eigenvalue weighted by molar-refractivity contribution is -0.425. The molecule has 0 bridgehead atoms. The summed E-state index contributed by atoms with van der Waals surface area (Å²) in [5.41, 5.74) is 6.38. The number of amides is 1. The molecule has 0 aliphatic rings. The molecule has 3 aromatic rings. The van der Waals surface area contributed by atoms with Crippen molar-refractivity contribution in [3.8, 4) is 5.88 Å². The van der Waals surface area contributed by atoms with Gasteiger partial charge >= 0.3 is 12.1 Å². The van der Waals surface area contributed by atoms with Crippen molar-refractivity contribution >= 4 is 18.0 Å². The lowest BCUT2D eigenvalue weighted by Gasteiger charge is -2.19. The second kappa shape index (κ2) is 15.5. The summed E-state index contributed by atoms with van der Waals surface area (Å²) in [5.74, 6) is -1.07. The summed E-state index contributed by atoms with van der Waals surface area (Å²) in [4.78, 5) is 37.9. The average Bonchev–Trinajstić information content (AvgIpc) is 2.93. The maximum atomic E-state index is 11.7. The van der Waals surface area contributed by atoms with Gasteiger partial charge in [-0.25, -0.2) is 9.78 Å². The summed E-state index contributed by atoms with van der Waals surface area (Å²) >= 11 is 0. The van der Waals surface area contributed by atoms with E-state index in [0.29, 0.717) is 5.88 Å². The molecule has 2 aromatic carbocycles. The Morgan fingerprint density at radius 2 is 1.57 bits per heavy atom. The summed E-state index contributed by atoms with van der Waals surface area (Å²) < 4.78 is 14.5. The largest absolute Gasteiger partial charge is 0.548 e. The number of quaternary nitrogens is 1. The molecule has 4 N–H and O–H groups in total. The van der Waals surface area contributed by atoms with E-state index in [1.54, 1.807) is 43.6 Å². The van der Waals surface area contributed by atoms with Gasteiger partial charge in [0.05, 0.1) is 26.2 Å². The van der Waals surface area contributed by atoms with Crippen molar-refractivity contribution < 1.29 is 39.4 Å². The Morgan fingerprint density at radius 1 is 0.946 bits per heavy atom. The Labute approximate surface area is 215 Å². The van der Waals surface area contributed by atoms with Gasteiger partial charge in [-0.2, -0.15) is 0 Å². The molecule has 2 atom stereocenters. The molecule has 0 spiro atoms. The molecule has 0 saturated carbocycles. The van der Waals surface area contributed by atoms with Gasteiger partial charge in [-0.05, 0) is 23.6 Å². The monoisotopic (exact) mass is 509 g/mol. The highest BCUT2D eigenvalue weighted by molar-refractivity contribution is 5.78. The maximum Gasteiger partial charge on any atom is 0.408 e. The minimum atomic E-state index is -1.35. The summed E-state index contributed by atoms with van der Waals surface area (Å²) in [5, 5.41) is 13.4. The first-order chi connectivity index (χ1) is 17.8. The lowest BCUT2D eigenvalue weighted by Crippen LogP contribution is -2.54. The third kappa shape index (κ3) is 10.8. The number of benzene rings is 2. The second-order valence-electron chi connectivity index (χ2n) is 7.88. The molecule has 0 aliphatic heterocycles. The molecule has 10 nitrogen and oxygen atoms in total. The molecule has 0 fully saturated rings. The predicted molar refractivity (Wildman–Crippen MR) is 132 cm³/mol. The number of hydrogen-bond donors (Lipinski definition) is 2. The third-order valence-electron chi connectivity index (χ3n) is 5.15. The second-order valence-corrected chi connectivity index (χ2v) is 7.88. The predicted octanol–water partition coefficient (Wildman–Crippen LogP) is 1.21. The number of aromatic nitrogens is 1. The number of methoxy groups -OCH3 is 2. The van der Waals surface area contributed by atoms with Crippen molar-refractivity contribution in [1.82, 2.24) is 10.3 Å². The van der Waals surface area contributed by atoms with E-state index in [4.69, 9.17) is 9.47 Å². The van der Waals surface area contributed by atoms with Crippen LogP contribution in [0.25, 0.3) is 0 Å². The zero-order valence-corrected chi connectivity index (χ0v) is 20.8. The van der Waals surface area contributed by atoms with Gasteiger partial charge in [-0.15, -0.1) is 0 Å². The molecule has 1 unspecified atom stereocenters. The highest BCUT2D eigenvalue weighted by Crippen LogP contribution is 2.14. The number of pyridine rings is 1.